The molecule has 0 aliphatic carbocycles. The number of aryl methyl sites for hydroxylation is 1. The summed E-state index contributed by atoms with van der Waals surface area (Å²) in [6.07, 6.45) is 9.12. The van der Waals surface area contributed by atoms with Gasteiger partial charge in [-0.25, -0.2) is 12.1 Å². The SMILES string of the molecule is CCCCCCCCc1ccc(C(SCCC(=O)O)(c2ccccc2)[c-]2cccc2)cc1.[Fe].[cH-]1[cH-][cH-][cH-][cH-]1. The molecule has 0 heterocycles. The zero-order valence-electron chi connectivity index (χ0n) is 22.4. The second-order valence-electron chi connectivity index (χ2n) is 9.39. The van der Waals surface area contributed by atoms with Gasteiger partial charge in [-0.2, -0.15) is 23.9 Å². The van der Waals surface area contributed by atoms with Crippen LogP contribution in [0.3, 0.4) is 0 Å². The Morgan fingerprint density at radius 3 is 1.92 bits per heavy atom. The molecule has 0 radical (unpaired) electrons. The number of hydrogen-bond acceptors (Lipinski definition) is 2. The van der Waals surface area contributed by atoms with Gasteiger partial charge in [0, 0.05) is 27.6 Å². The zero-order chi connectivity index (χ0) is 26.2. The Kier molecular flexibility index (Phi) is 14.9. The third-order valence-corrected chi connectivity index (χ3v) is 8.17. The molecule has 0 amide bonds. The molecule has 1 atom stereocenters. The van der Waals surface area contributed by atoms with Crippen LogP contribution in [0.2, 0.25) is 0 Å². The first-order chi connectivity index (χ1) is 18.2. The van der Waals surface area contributed by atoms with E-state index in [1.807, 2.05) is 36.4 Å². The molecule has 0 spiro atoms. The number of aliphatic carboxylic acids is 1. The van der Waals surface area contributed by atoms with Crippen LogP contribution >= 0.6 is 11.8 Å². The van der Waals surface area contributed by atoms with Crippen molar-refractivity contribution < 1.29 is 27.0 Å². The Labute approximate surface area is 244 Å². The molecular weight excluding hydrogens is 528 g/mol. The van der Waals surface area contributed by atoms with Gasteiger partial charge in [0.05, 0.1) is 6.42 Å². The third-order valence-electron chi connectivity index (χ3n) is 6.62. The molecule has 0 aliphatic rings. The standard InChI is InChI=1S/C29H35O2S.C5H5.Fe/c1-2-3-4-5-6-8-13-24-18-20-27(21-19-24)29(26-16-11-12-17-26,32-23-22-28(30)31)25-14-9-7-10-15-25;1-2-4-5-3-1;/h7,9-12,14-21H,2-6,8,13,22-23H2,1H3,(H,30,31);1-5H;/q-1;-5;. The first-order valence-electron chi connectivity index (χ1n) is 13.6. The maximum atomic E-state index is 11.3. The van der Waals surface area contributed by atoms with Crippen molar-refractivity contribution in [3.05, 3.63) is 131 Å². The molecular formula is C34H40FeO2S-6. The summed E-state index contributed by atoms with van der Waals surface area (Å²) in [5.74, 6) is -0.203. The molecule has 0 saturated heterocycles. The molecule has 4 aromatic carbocycles. The first-order valence-corrected chi connectivity index (χ1v) is 14.5. The number of benzene rings is 2. The molecule has 0 saturated carbocycles. The second kappa shape index (κ2) is 17.9. The van der Waals surface area contributed by atoms with Gasteiger partial charge >= 0.3 is 5.97 Å². The van der Waals surface area contributed by atoms with Crippen LogP contribution in [0.25, 0.3) is 0 Å². The Hall–Kier alpha value is -2.52. The molecule has 2 nitrogen and oxygen atoms in total. The van der Waals surface area contributed by atoms with Crippen LogP contribution in [0.1, 0.15) is 74.1 Å². The van der Waals surface area contributed by atoms with Gasteiger partial charge in [0.1, 0.15) is 0 Å². The van der Waals surface area contributed by atoms with Crippen LogP contribution in [0, 0.1) is 0 Å². The Balaban J connectivity index is 0.000000756. The number of unbranched alkanes of at least 4 members (excludes halogenated alkanes) is 5. The van der Waals surface area contributed by atoms with Gasteiger partial charge in [0.25, 0.3) is 0 Å². The molecule has 1 N–H and O–H groups in total. The largest absolute Gasteiger partial charge is 0.748 e. The molecule has 0 bridgehead atoms. The fourth-order valence-corrected chi connectivity index (χ4v) is 6.15. The Bertz CT molecular complexity index is 1090. The van der Waals surface area contributed by atoms with E-state index in [1.165, 1.54) is 60.8 Å². The van der Waals surface area contributed by atoms with Crippen LogP contribution < -0.4 is 0 Å². The van der Waals surface area contributed by atoms with E-state index in [1.54, 1.807) is 11.8 Å². The Morgan fingerprint density at radius 1 is 0.789 bits per heavy atom. The van der Waals surface area contributed by atoms with E-state index in [0.29, 0.717) is 5.75 Å². The summed E-state index contributed by atoms with van der Waals surface area (Å²) in [5.41, 5.74) is 4.97. The van der Waals surface area contributed by atoms with E-state index < -0.39 is 10.7 Å². The topological polar surface area (TPSA) is 37.3 Å². The minimum atomic E-state index is -0.753. The summed E-state index contributed by atoms with van der Waals surface area (Å²) in [6, 6.07) is 38.0. The molecule has 38 heavy (non-hydrogen) atoms. The van der Waals surface area contributed by atoms with Crippen molar-refractivity contribution in [1.82, 2.24) is 0 Å². The predicted octanol–water partition coefficient (Wildman–Crippen LogP) is 9.21. The monoisotopic (exact) mass is 568 g/mol. The molecule has 4 heteroatoms. The fourth-order valence-electron chi connectivity index (χ4n) is 4.66. The summed E-state index contributed by atoms with van der Waals surface area (Å²) in [7, 11) is 0. The summed E-state index contributed by atoms with van der Waals surface area (Å²) >= 11 is 1.72. The summed E-state index contributed by atoms with van der Waals surface area (Å²) < 4.78 is -0.418. The maximum absolute atomic E-state index is 11.3. The van der Waals surface area contributed by atoms with Crippen LogP contribution in [0.5, 0.6) is 0 Å². The zero-order valence-corrected chi connectivity index (χ0v) is 24.3. The average Bonchev–Trinajstić information content (AvgIpc) is 3.68. The van der Waals surface area contributed by atoms with E-state index in [2.05, 4.69) is 79.7 Å². The summed E-state index contributed by atoms with van der Waals surface area (Å²) in [4.78, 5) is 11.3. The number of carboxylic acids is 1. The van der Waals surface area contributed by atoms with Gasteiger partial charge in [-0.3, -0.25) is 4.79 Å². The molecule has 0 aromatic heterocycles. The van der Waals surface area contributed by atoms with Gasteiger partial charge in [-0.1, -0.05) is 93.6 Å². The minimum absolute atomic E-state index is 0. The number of rotatable bonds is 14. The van der Waals surface area contributed by atoms with E-state index in [4.69, 9.17) is 0 Å². The van der Waals surface area contributed by atoms with E-state index in [9.17, 15) is 9.90 Å². The van der Waals surface area contributed by atoms with Gasteiger partial charge in [-0.15, -0.1) is 5.56 Å². The van der Waals surface area contributed by atoms with Crippen LogP contribution in [-0.2, 0) is 33.0 Å². The van der Waals surface area contributed by atoms with Gasteiger partial charge in [0.15, 0.2) is 0 Å². The van der Waals surface area contributed by atoms with Crippen LogP contribution in [0.15, 0.2) is 109 Å². The van der Waals surface area contributed by atoms with Crippen molar-refractivity contribution in [2.24, 2.45) is 0 Å². The van der Waals surface area contributed by atoms with Gasteiger partial charge in [0.2, 0.25) is 0 Å². The predicted molar refractivity (Wildman–Crippen MR) is 159 cm³/mol. The molecule has 208 valence electrons. The van der Waals surface area contributed by atoms with Crippen molar-refractivity contribution in [3.63, 3.8) is 0 Å². The van der Waals surface area contributed by atoms with E-state index >= 15 is 0 Å². The summed E-state index contributed by atoms with van der Waals surface area (Å²) in [5, 5.41) is 9.26. The Morgan fingerprint density at radius 2 is 1.34 bits per heavy atom. The normalized spacial score (nSPS) is 12.0. The molecule has 0 fully saturated rings. The quantitative estimate of drug-likeness (QED) is 0.0936. The van der Waals surface area contributed by atoms with Crippen molar-refractivity contribution in [1.29, 1.82) is 0 Å². The minimum Gasteiger partial charge on any atom is -0.748 e. The number of hydrogen-bond donors (Lipinski definition) is 1. The van der Waals surface area contributed by atoms with Gasteiger partial charge < -0.3 is 35.4 Å². The van der Waals surface area contributed by atoms with E-state index in [0.717, 1.165) is 6.42 Å². The van der Waals surface area contributed by atoms with Crippen molar-refractivity contribution in [2.45, 2.75) is 63.0 Å². The average molecular weight is 569 g/mol. The smallest absolute Gasteiger partial charge is 0.304 e. The molecule has 0 aliphatic heterocycles. The second-order valence-corrected chi connectivity index (χ2v) is 10.7. The van der Waals surface area contributed by atoms with Crippen molar-refractivity contribution in [2.75, 3.05) is 5.75 Å². The molecule has 1 unspecified atom stereocenters. The van der Waals surface area contributed by atoms with Crippen LogP contribution in [-0.4, -0.2) is 16.8 Å². The van der Waals surface area contributed by atoms with E-state index in [-0.39, 0.29) is 23.5 Å². The first kappa shape index (κ1) is 31.7. The molecule has 4 rings (SSSR count). The summed E-state index contributed by atoms with van der Waals surface area (Å²) in [6.45, 7) is 2.26. The van der Waals surface area contributed by atoms with Gasteiger partial charge in [-0.05, 0) is 29.5 Å². The maximum Gasteiger partial charge on any atom is 0.304 e. The molecule has 4 aromatic rings. The number of carboxylic acid groups (broad SMARTS) is 1. The fraction of sp³-hybridized carbons (Fsp3) is 0.324. The number of thioether (sulfide) groups is 1. The van der Waals surface area contributed by atoms with Crippen molar-refractivity contribution in [3.8, 4) is 0 Å². The van der Waals surface area contributed by atoms with Crippen LogP contribution in [0.4, 0.5) is 0 Å². The number of carbonyl (C=O) groups is 1. The van der Waals surface area contributed by atoms with Crippen molar-refractivity contribution >= 4 is 17.7 Å². The third kappa shape index (κ3) is 9.66.